The summed E-state index contributed by atoms with van der Waals surface area (Å²) in [7, 11) is -2.20. The van der Waals surface area contributed by atoms with Crippen molar-refractivity contribution in [3.8, 4) is 0 Å². The Bertz CT molecular complexity index is 1160. The van der Waals surface area contributed by atoms with E-state index in [1.54, 1.807) is 48.4 Å². The molecular formula is C22H27ClN4O4S2. The summed E-state index contributed by atoms with van der Waals surface area (Å²) in [6.07, 6.45) is 3.17. The van der Waals surface area contributed by atoms with E-state index in [9.17, 15) is 8.42 Å². The molecule has 0 aliphatic carbocycles. The normalized spacial score (nSPS) is 11.5. The summed E-state index contributed by atoms with van der Waals surface area (Å²) < 4.78 is 38.9. The van der Waals surface area contributed by atoms with Crippen molar-refractivity contribution in [3.05, 3.63) is 70.9 Å². The minimum absolute atomic E-state index is 0.0261. The first kappa shape index (κ1) is 25.2. The fraction of sp³-hybridized carbons (Fsp3) is 0.364. The first-order chi connectivity index (χ1) is 15.9. The molecule has 1 aromatic carbocycles. The van der Waals surface area contributed by atoms with E-state index in [-0.39, 0.29) is 10.9 Å². The quantitative estimate of drug-likeness (QED) is 0.391. The Morgan fingerprint density at radius 2 is 2.06 bits per heavy atom. The highest BCUT2D eigenvalue weighted by atomic mass is 35.5. The molecule has 0 radical (unpaired) electrons. The smallest absolute Gasteiger partial charge is 0.228 e. The summed E-state index contributed by atoms with van der Waals surface area (Å²) in [5.74, 6) is 0.493. The van der Waals surface area contributed by atoms with Crippen molar-refractivity contribution < 1.29 is 17.6 Å². The second-order valence-corrected chi connectivity index (χ2v) is 9.98. The molecule has 178 valence electrons. The lowest BCUT2D eigenvalue weighted by atomic mass is 10.2. The van der Waals surface area contributed by atoms with Crippen molar-refractivity contribution in [1.29, 1.82) is 0 Å². The summed E-state index contributed by atoms with van der Waals surface area (Å²) >= 11 is 11.7. The molecule has 0 spiro atoms. The van der Waals surface area contributed by atoms with Gasteiger partial charge in [-0.05, 0) is 42.9 Å². The van der Waals surface area contributed by atoms with Gasteiger partial charge in [-0.15, -0.1) is 0 Å². The summed E-state index contributed by atoms with van der Waals surface area (Å²) in [5, 5.41) is 4.06. The second-order valence-electron chi connectivity index (χ2n) is 7.30. The predicted octanol–water partition coefficient (Wildman–Crippen LogP) is 3.65. The summed E-state index contributed by atoms with van der Waals surface area (Å²) in [4.78, 5) is 6.19. The zero-order valence-corrected chi connectivity index (χ0v) is 20.9. The average molecular weight is 511 g/mol. The molecule has 0 bridgehead atoms. The molecule has 2 heterocycles. The van der Waals surface area contributed by atoms with E-state index in [1.165, 1.54) is 0 Å². The standard InChI is InChI=1S/C22H27ClN4O4S2/c1-3-24-21(32)26(15-19-8-6-11-31-19)14-18-13-25-22(27(18)10-12-30-2)33(28,29)16-17-7-4-5-9-20(17)23/h4-9,11,13H,3,10,12,14-16H2,1-2H3,(H,24,32). The maximum absolute atomic E-state index is 13.3. The highest BCUT2D eigenvalue weighted by Crippen LogP contribution is 2.23. The van der Waals surface area contributed by atoms with Gasteiger partial charge in [0, 0.05) is 25.2 Å². The Kier molecular flexibility index (Phi) is 8.90. The largest absolute Gasteiger partial charge is 0.467 e. The minimum Gasteiger partial charge on any atom is -0.467 e. The number of methoxy groups -OCH3 is 1. The molecule has 0 saturated carbocycles. The number of ether oxygens (including phenoxy) is 1. The van der Waals surface area contributed by atoms with Gasteiger partial charge in [-0.1, -0.05) is 29.8 Å². The Balaban J connectivity index is 1.93. The Hall–Kier alpha value is -2.40. The van der Waals surface area contributed by atoms with Crippen molar-refractivity contribution >= 4 is 38.8 Å². The zero-order chi connectivity index (χ0) is 23.8. The van der Waals surface area contributed by atoms with Crippen molar-refractivity contribution in [2.24, 2.45) is 0 Å². The van der Waals surface area contributed by atoms with Crippen LogP contribution < -0.4 is 5.32 Å². The molecule has 3 aromatic rings. The number of hydrogen-bond donors (Lipinski definition) is 1. The molecule has 8 nitrogen and oxygen atoms in total. The number of nitrogens with zero attached hydrogens (tertiary/aromatic N) is 3. The first-order valence-corrected chi connectivity index (χ1v) is 12.8. The number of rotatable bonds is 11. The molecule has 0 saturated heterocycles. The number of hydrogen-bond acceptors (Lipinski definition) is 6. The molecule has 0 fully saturated rings. The van der Waals surface area contributed by atoms with Crippen molar-refractivity contribution in [3.63, 3.8) is 0 Å². The fourth-order valence-corrected chi connectivity index (χ4v) is 5.42. The minimum atomic E-state index is -3.77. The van der Waals surface area contributed by atoms with Gasteiger partial charge in [0.15, 0.2) is 5.11 Å². The van der Waals surface area contributed by atoms with Gasteiger partial charge in [-0.25, -0.2) is 13.4 Å². The molecule has 0 unspecified atom stereocenters. The van der Waals surface area contributed by atoms with E-state index < -0.39 is 9.84 Å². The Labute approximate surface area is 204 Å². The van der Waals surface area contributed by atoms with Crippen LogP contribution in [0.3, 0.4) is 0 Å². The number of halogens is 1. The number of nitrogens with one attached hydrogen (secondary N) is 1. The lowest BCUT2D eigenvalue weighted by Crippen LogP contribution is -2.39. The topological polar surface area (TPSA) is 89.6 Å². The lowest BCUT2D eigenvalue weighted by Gasteiger charge is -2.25. The van der Waals surface area contributed by atoms with Gasteiger partial charge in [0.2, 0.25) is 15.0 Å². The van der Waals surface area contributed by atoms with Crippen LogP contribution in [0.4, 0.5) is 0 Å². The molecular weight excluding hydrogens is 484 g/mol. The summed E-state index contributed by atoms with van der Waals surface area (Å²) in [6, 6.07) is 10.6. The van der Waals surface area contributed by atoms with Gasteiger partial charge in [0.1, 0.15) is 5.76 Å². The van der Waals surface area contributed by atoms with Gasteiger partial charge in [0.25, 0.3) is 0 Å². The van der Waals surface area contributed by atoms with Crippen LogP contribution in [0, 0.1) is 0 Å². The summed E-state index contributed by atoms with van der Waals surface area (Å²) in [5.41, 5.74) is 1.21. The zero-order valence-electron chi connectivity index (χ0n) is 18.5. The van der Waals surface area contributed by atoms with E-state index in [1.807, 2.05) is 24.0 Å². The second kappa shape index (κ2) is 11.6. The van der Waals surface area contributed by atoms with Gasteiger partial charge in [-0.2, -0.15) is 0 Å². The van der Waals surface area contributed by atoms with E-state index in [0.717, 1.165) is 5.76 Å². The van der Waals surface area contributed by atoms with E-state index >= 15 is 0 Å². The van der Waals surface area contributed by atoms with Crippen LogP contribution in [0.15, 0.2) is 58.4 Å². The van der Waals surface area contributed by atoms with Gasteiger partial charge < -0.3 is 23.9 Å². The maximum atomic E-state index is 13.3. The van der Waals surface area contributed by atoms with Crippen molar-refractivity contribution in [2.75, 3.05) is 20.3 Å². The van der Waals surface area contributed by atoms with Crippen LogP contribution in [0.2, 0.25) is 5.02 Å². The predicted molar refractivity (Wildman–Crippen MR) is 131 cm³/mol. The lowest BCUT2D eigenvalue weighted by molar-refractivity contribution is 0.182. The third-order valence-corrected chi connectivity index (χ3v) is 7.24. The number of sulfone groups is 1. The highest BCUT2D eigenvalue weighted by molar-refractivity contribution is 7.90. The molecule has 3 rings (SSSR count). The number of imidazole rings is 1. The number of benzene rings is 1. The molecule has 0 aliphatic heterocycles. The van der Waals surface area contributed by atoms with Crippen LogP contribution in [0.25, 0.3) is 0 Å². The number of thiocarbonyl (C=S) groups is 1. The Morgan fingerprint density at radius 1 is 1.27 bits per heavy atom. The van der Waals surface area contributed by atoms with Crippen LogP contribution in [-0.2, 0) is 40.0 Å². The average Bonchev–Trinajstić information content (AvgIpc) is 3.44. The molecule has 0 aliphatic rings. The van der Waals surface area contributed by atoms with E-state index in [2.05, 4.69) is 10.3 Å². The molecule has 2 aromatic heterocycles. The third-order valence-electron chi connectivity index (χ3n) is 4.90. The fourth-order valence-electron chi connectivity index (χ4n) is 3.32. The van der Waals surface area contributed by atoms with Gasteiger partial charge >= 0.3 is 0 Å². The first-order valence-electron chi connectivity index (χ1n) is 10.4. The summed E-state index contributed by atoms with van der Waals surface area (Å²) in [6.45, 7) is 4.04. The highest BCUT2D eigenvalue weighted by Gasteiger charge is 2.26. The van der Waals surface area contributed by atoms with Crippen molar-refractivity contribution in [1.82, 2.24) is 19.8 Å². The molecule has 33 heavy (non-hydrogen) atoms. The molecule has 0 atom stereocenters. The molecule has 11 heteroatoms. The van der Waals surface area contributed by atoms with E-state index in [0.29, 0.717) is 54.2 Å². The van der Waals surface area contributed by atoms with E-state index in [4.69, 9.17) is 33.0 Å². The van der Waals surface area contributed by atoms with Crippen LogP contribution in [0.5, 0.6) is 0 Å². The monoisotopic (exact) mass is 510 g/mol. The third kappa shape index (κ3) is 6.57. The van der Waals surface area contributed by atoms with Crippen LogP contribution in [0.1, 0.15) is 23.9 Å². The van der Waals surface area contributed by atoms with Gasteiger partial charge in [0.05, 0.1) is 43.6 Å². The van der Waals surface area contributed by atoms with Crippen LogP contribution >= 0.6 is 23.8 Å². The van der Waals surface area contributed by atoms with Crippen molar-refractivity contribution in [2.45, 2.75) is 37.5 Å². The Morgan fingerprint density at radius 3 is 2.73 bits per heavy atom. The number of furan rings is 1. The number of aromatic nitrogens is 2. The SMILES string of the molecule is CCNC(=S)N(Cc1ccco1)Cc1cnc(S(=O)(=O)Cc2ccccc2Cl)n1CCOC. The van der Waals surface area contributed by atoms with Gasteiger partial charge in [-0.3, -0.25) is 0 Å². The van der Waals surface area contributed by atoms with Crippen LogP contribution in [-0.4, -0.2) is 48.2 Å². The molecule has 0 amide bonds. The maximum Gasteiger partial charge on any atom is 0.228 e. The molecule has 1 N–H and O–H groups in total.